The number of ether oxygens (including phenoxy) is 4. The van der Waals surface area contributed by atoms with Crippen LogP contribution in [0.25, 0.3) is 16.6 Å². The van der Waals surface area contributed by atoms with E-state index < -0.39 is 17.6 Å². The molecule has 0 saturated carbocycles. The van der Waals surface area contributed by atoms with Gasteiger partial charge in [-0.2, -0.15) is 0 Å². The zero-order valence-electron chi connectivity index (χ0n) is 22.7. The molecule has 2 aromatic carbocycles. The minimum atomic E-state index is -1.19. The summed E-state index contributed by atoms with van der Waals surface area (Å²) in [5.41, 5.74) is 2.92. The van der Waals surface area contributed by atoms with E-state index in [2.05, 4.69) is 16.0 Å². The molecule has 7 rings (SSSR count). The van der Waals surface area contributed by atoms with Crippen LogP contribution >= 0.6 is 11.6 Å². The molecule has 0 amide bonds. The smallest absolute Gasteiger partial charge is 0.335 e. The number of rotatable bonds is 7. The zero-order valence-corrected chi connectivity index (χ0v) is 23.4. The van der Waals surface area contributed by atoms with Crippen molar-refractivity contribution in [1.29, 1.82) is 0 Å². The van der Waals surface area contributed by atoms with E-state index >= 15 is 0 Å². The van der Waals surface area contributed by atoms with Crippen LogP contribution in [0.3, 0.4) is 0 Å². The highest BCUT2D eigenvalue weighted by Gasteiger charge is 2.41. The molecule has 0 bridgehead atoms. The largest absolute Gasteiger partial charge is 0.478 e. The number of nitrogens with zero attached hydrogens (tertiary/aromatic N) is 3. The summed E-state index contributed by atoms with van der Waals surface area (Å²) in [6, 6.07) is 11.8. The van der Waals surface area contributed by atoms with Crippen LogP contribution in [0, 0.1) is 5.82 Å². The van der Waals surface area contributed by atoms with E-state index in [1.807, 2.05) is 29.7 Å². The van der Waals surface area contributed by atoms with Crippen LogP contribution in [0.4, 0.5) is 4.39 Å². The van der Waals surface area contributed by atoms with Crippen molar-refractivity contribution >= 4 is 34.2 Å². The standard InChI is InChI=1S/C31H27ClFN3O6/c1-31(26-8-6-19(32)14-34-26)41-25-4-2-3-22(29(25)42-31)17-5-7-20(40-16-17)13-27-35-28-23(33)11-18(30(37)38)12-24(28)36(27)15-21-9-10-39-21/h2-6,8,11-12,14,20-21H,7,9-10,13,15-16H2,1H3,(H,37,38)/t20?,21-,31-/m0/s1. The zero-order chi connectivity index (χ0) is 29.0. The van der Waals surface area contributed by atoms with Gasteiger partial charge in [-0.25, -0.2) is 14.2 Å². The Morgan fingerprint density at radius 3 is 2.74 bits per heavy atom. The van der Waals surface area contributed by atoms with Gasteiger partial charge >= 0.3 is 5.97 Å². The molecule has 42 heavy (non-hydrogen) atoms. The lowest BCUT2D eigenvalue weighted by Gasteiger charge is -2.28. The molecular weight excluding hydrogens is 565 g/mol. The topological polar surface area (TPSA) is 105 Å². The first-order valence-corrected chi connectivity index (χ1v) is 14.1. The second-order valence-corrected chi connectivity index (χ2v) is 11.2. The summed E-state index contributed by atoms with van der Waals surface area (Å²) in [7, 11) is 0. The highest BCUT2D eigenvalue weighted by atomic mass is 35.5. The normalized spacial score (nSPS) is 23.1. The highest BCUT2D eigenvalue weighted by molar-refractivity contribution is 6.30. The number of carboxylic acid groups (broad SMARTS) is 1. The van der Waals surface area contributed by atoms with E-state index in [0.29, 0.717) is 66.2 Å². The van der Waals surface area contributed by atoms with Gasteiger partial charge in [0.25, 0.3) is 5.79 Å². The van der Waals surface area contributed by atoms with E-state index in [1.54, 1.807) is 18.3 Å². The third-order valence-electron chi connectivity index (χ3n) is 7.94. The summed E-state index contributed by atoms with van der Waals surface area (Å²) >= 11 is 6.01. The van der Waals surface area contributed by atoms with Crippen molar-refractivity contribution in [3.8, 4) is 11.5 Å². The summed E-state index contributed by atoms with van der Waals surface area (Å²) in [6.45, 7) is 3.30. The molecule has 3 atom stereocenters. The van der Waals surface area contributed by atoms with Gasteiger partial charge in [0.1, 0.15) is 17.0 Å². The van der Waals surface area contributed by atoms with Crippen molar-refractivity contribution < 1.29 is 33.2 Å². The van der Waals surface area contributed by atoms with Crippen molar-refractivity contribution in [2.75, 3.05) is 13.2 Å². The van der Waals surface area contributed by atoms with E-state index in [9.17, 15) is 14.3 Å². The van der Waals surface area contributed by atoms with Crippen molar-refractivity contribution in [2.45, 2.75) is 50.7 Å². The molecule has 216 valence electrons. The first-order chi connectivity index (χ1) is 20.3. The summed E-state index contributed by atoms with van der Waals surface area (Å²) < 4.78 is 41.2. The van der Waals surface area contributed by atoms with Crippen LogP contribution in [-0.4, -0.2) is 51.0 Å². The molecule has 0 aliphatic carbocycles. The molecule has 5 heterocycles. The number of fused-ring (bicyclic) bond motifs is 2. The molecule has 0 radical (unpaired) electrons. The van der Waals surface area contributed by atoms with Gasteiger partial charge in [-0.3, -0.25) is 4.98 Å². The van der Waals surface area contributed by atoms with Crippen LogP contribution in [0.2, 0.25) is 5.02 Å². The van der Waals surface area contributed by atoms with Gasteiger partial charge in [0.05, 0.1) is 41.5 Å². The number of carbonyl (C=O) groups is 1. The number of aromatic carboxylic acids is 1. The molecule has 1 unspecified atom stereocenters. The fourth-order valence-corrected chi connectivity index (χ4v) is 5.73. The molecule has 3 aliphatic rings. The number of imidazole rings is 1. The maximum absolute atomic E-state index is 14.9. The summed E-state index contributed by atoms with van der Waals surface area (Å²) in [5, 5.41) is 10.00. The Balaban J connectivity index is 1.13. The number of benzene rings is 2. The quantitative estimate of drug-likeness (QED) is 0.289. The fraction of sp³-hybridized carbons (Fsp3) is 0.323. The van der Waals surface area contributed by atoms with E-state index in [0.717, 1.165) is 23.6 Å². The molecule has 0 spiro atoms. The maximum atomic E-state index is 14.9. The van der Waals surface area contributed by atoms with Crippen LogP contribution in [0.15, 0.2) is 54.7 Å². The van der Waals surface area contributed by atoms with E-state index in [1.165, 1.54) is 6.07 Å². The average Bonchev–Trinajstić information content (AvgIpc) is 3.49. The molecule has 11 heteroatoms. The Bertz CT molecular complexity index is 1740. The molecule has 1 fully saturated rings. The number of carboxylic acids is 1. The first-order valence-electron chi connectivity index (χ1n) is 13.7. The number of para-hydroxylation sites is 1. The first kappa shape index (κ1) is 26.9. The number of hydrogen-bond donors (Lipinski definition) is 1. The number of hydrogen-bond acceptors (Lipinski definition) is 7. The third-order valence-corrected chi connectivity index (χ3v) is 8.17. The van der Waals surface area contributed by atoms with Gasteiger partial charge in [0, 0.05) is 31.7 Å². The van der Waals surface area contributed by atoms with E-state index in [-0.39, 0.29) is 23.3 Å². The maximum Gasteiger partial charge on any atom is 0.335 e. The lowest BCUT2D eigenvalue weighted by atomic mass is 9.99. The third kappa shape index (κ3) is 4.79. The predicted octanol–water partition coefficient (Wildman–Crippen LogP) is 5.77. The monoisotopic (exact) mass is 591 g/mol. The molecule has 1 N–H and O–H groups in total. The number of pyridine rings is 1. The van der Waals surface area contributed by atoms with Crippen molar-refractivity contribution in [2.24, 2.45) is 0 Å². The van der Waals surface area contributed by atoms with Crippen LogP contribution in [-0.2, 0) is 28.2 Å². The summed E-state index contributed by atoms with van der Waals surface area (Å²) in [6.07, 6.45) is 5.37. The Hall–Kier alpha value is -3.99. The fourth-order valence-electron chi connectivity index (χ4n) is 5.62. The minimum Gasteiger partial charge on any atom is -0.478 e. The lowest BCUT2D eigenvalue weighted by molar-refractivity contribution is -0.0719. The molecule has 4 aromatic rings. The second kappa shape index (κ2) is 10.4. The van der Waals surface area contributed by atoms with Gasteiger partial charge in [-0.1, -0.05) is 29.8 Å². The van der Waals surface area contributed by atoms with Crippen LogP contribution < -0.4 is 9.47 Å². The summed E-state index contributed by atoms with van der Waals surface area (Å²) in [4.78, 5) is 20.6. The van der Waals surface area contributed by atoms with Crippen molar-refractivity contribution in [3.63, 3.8) is 0 Å². The Kier molecular flexibility index (Phi) is 6.64. The van der Waals surface area contributed by atoms with Gasteiger partial charge in [0.15, 0.2) is 17.3 Å². The lowest BCUT2D eigenvalue weighted by Crippen LogP contribution is -2.32. The minimum absolute atomic E-state index is 0.0207. The van der Waals surface area contributed by atoms with Gasteiger partial charge in [-0.05, 0) is 48.7 Å². The second-order valence-electron chi connectivity index (χ2n) is 10.8. The molecule has 2 aromatic heterocycles. The number of halogens is 2. The summed E-state index contributed by atoms with van der Waals surface area (Å²) in [5.74, 6) is -1.08. The Labute approximate surface area is 245 Å². The average molecular weight is 592 g/mol. The molecule has 9 nitrogen and oxygen atoms in total. The highest BCUT2D eigenvalue weighted by Crippen LogP contribution is 2.48. The van der Waals surface area contributed by atoms with Gasteiger partial charge < -0.3 is 28.6 Å². The number of aromatic nitrogens is 3. The van der Waals surface area contributed by atoms with E-state index in [4.69, 9.17) is 30.5 Å². The Morgan fingerprint density at radius 1 is 1.19 bits per heavy atom. The van der Waals surface area contributed by atoms with Crippen molar-refractivity contribution in [1.82, 2.24) is 14.5 Å². The Morgan fingerprint density at radius 2 is 2.05 bits per heavy atom. The predicted molar refractivity (Wildman–Crippen MR) is 151 cm³/mol. The van der Waals surface area contributed by atoms with Crippen LogP contribution in [0.5, 0.6) is 11.5 Å². The SMILES string of the molecule is C[C@]1(c2ccc(Cl)cn2)Oc2cccc(C3=CCC(Cc4nc5c(F)cc(C(=O)O)cc5n4C[C@@H]4CCO4)OC3)c2O1. The molecule has 3 aliphatic heterocycles. The van der Waals surface area contributed by atoms with Crippen molar-refractivity contribution in [3.05, 3.63) is 88.2 Å². The van der Waals surface area contributed by atoms with Gasteiger partial charge in [-0.15, -0.1) is 0 Å². The molecular formula is C31H27ClFN3O6. The van der Waals surface area contributed by atoms with Crippen LogP contribution in [0.1, 0.15) is 47.2 Å². The van der Waals surface area contributed by atoms with Gasteiger partial charge in [0.2, 0.25) is 0 Å². The molecule has 1 saturated heterocycles.